The first-order chi connectivity index (χ1) is 19.5. The number of hydrogen-bond acceptors (Lipinski definition) is 6. The number of aliphatic hydroxyl groups is 3. The van der Waals surface area contributed by atoms with E-state index in [2.05, 4.69) is 28.1 Å². The molecular weight excluding hydrogens is 522 g/mol. The van der Waals surface area contributed by atoms with E-state index in [1.54, 1.807) is 0 Å². The standard InChI is InChI=1S/C32H66N3O6/c1-5-32(41-26-31(38)23-35(4)19-13-8-14-20-35,27-39-24-29(36)21-33(2)15-9-6-10-16-33)28-40-25-30(37)22-34(3)17-11-7-12-18-34/h29-31,36-38H,5-28H2,1-4H3/q+3. The third-order valence-electron chi connectivity index (χ3n) is 10.2. The van der Waals surface area contributed by atoms with Gasteiger partial charge in [0.25, 0.3) is 0 Å². The average molecular weight is 589 g/mol. The first kappa shape index (κ1) is 35.1. The maximum atomic E-state index is 11.0. The molecule has 3 aliphatic rings. The van der Waals surface area contributed by atoms with Crippen molar-refractivity contribution in [2.75, 3.05) is 113 Å². The molecular formula is C32H66N3O6+3. The van der Waals surface area contributed by atoms with Crippen molar-refractivity contribution in [1.82, 2.24) is 0 Å². The molecule has 3 fully saturated rings. The van der Waals surface area contributed by atoms with Gasteiger partial charge in [0.05, 0.1) is 93.4 Å². The fourth-order valence-electron chi connectivity index (χ4n) is 7.53. The molecule has 3 unspecified atom stereocenters. The number of quaternary nitrogens is 3. The Morgan fingerprint density at radius 2 is 0.854 bits per heavy atom. The fourth-order valence-corrected chi connectivity index (χ4v) is 7.53. The van der Waals surface area contributed by atoms with Gasteiger partial charge in [-0.05, 0) is 64.2 Å². The summed E-state index contributed by atoms with van der Waals surface area (Å²) in [6.45, 7) is 12.1. The Labute approximate surface area is 251 Å². The van der Waals surface area contributed by atoms with E-state index in [0.717, 1.165) is 52.7 Å². The second-order valence-electron chi connectivity index (χ2n) is 14.8. The summed E-state index contributed by atoms with van der Waals surface area (Å²) in [7, 11) is 6.71. The molecule has 9 heteroatoms. The summed E-state index contributed by atoms with van der Waals surface area (Å²) in [4.78, 5) is 0. The van der Waals surface area contributed by atoms with Crippen LogP contribution in [0.25, 0.3) is 0 Å². The molecule has 0 spiro atoms. The molecule has 0 aromatic heterocycles. The number of hydrogen-bond donors (Lipinski definition) is 3. The van der Waals surface area contributed by atoms with Crippen LogP contribution < -0.4 is 0 Å². The molecule has 41 heavy (non-hydrogen) atoms. The van der Waals surface area contributed by atoms with Gasteiger partial charge in [-0.2, -0.15) is 0 Å². The number of likely N-dealkylation sites (tertiary alicyclic amines) is 3. The zero-order valence-electron chi connectivity index (χ0n) is 27.1. The second-order valence-corrected chi connectivity index (χ2v) is 14.8. The van der Waals surface area contributed by atoms with Crippen molar-refractivity contribution < 1.29 is 43.0 Å². The number of piperidine rings is 3. The normalized spacial score (nSPS) is 26.1. The Kier molecular flexibility index (Phi) is 14.3. The quantitative estimate of drug-likeness (QED) is 0.213. The minimum atomic E-state index is -0.742. The van der Waals surface area contributed by atoms with Crippen molar-refractivity contribution in [3.63, 3.8) is 0 Å². The zero-order chi connectivity index (χ0) is 29.8. The lowest BCUT2D eigenvalue weighted by Gasteiger charge is -2.40. The first-order valence-corrected chi connectivity index (χ1v) is 16.8. The number of likely N-dealkylation sites (N-methyl/N-ethyl adjacent to an activating group) is 3. The molecule has 0 amide bonds. The van der Waals surface area contributed by atoms with Crippen LogP contribution >= 0.6 is 0 Å². The maximum Gasteiger partial charge on any atom is 0.126 e. The van der Waals surface area contributed by atoms with Crippen molar-refractivity contribution in [2.45, 2.75) is 95.0 Å². The van der Waals surface area contributed by atoms with Gasteiger partial charge in [-0.1, -0.05) is 6.92 Å². The van der Waals surface area contributed by atoms with Gasteiger partial charge >= 0.3 is 0 Å². The van der Waals surface area contributed by atoms with Crippen LogP contribution in [-0.2, 0) is 14.2 Å². The van der Waals surface area contributed by atoms with Crippen LogP contribution in [0.3, 0.4) is 0 Å². The van der Waals surface area contributed by atoms with Crippen LogP contribution in [-0.4, -0.2) is 166 Å². The van der Waals surface area contributed by atoms with Gasteiger partial charge in [0.2, 0.25) is 0 Å². The summed E-state index contributed by atoms with van der Waals surface area (Å²) < 4.78 is 21.4. The molecule has 3 aliphatic heterocycles. The van der Waals surface area contributed by atoms with Crippen LogP contribution in [0.4, 0.5) is 0 Å². The summed E-state index contributed by atoms with van der Waals surface area (Å²) >= 11 is 0. The van der Waals surface area contributed by atoms with E-state index < -0.39 is 23.9 Å². The predicted octanol–water partition coefficient (Wildman–Crippen LogP) is 2.16. The highest BCUT2D eigenvalue weighted by Gasteiger charge is 2.35. The largest absolute Gasteiger partial charge is 0.385 e. The molecule has 3 N–H and O–H groups in total. The topological polar surface area (TPSA) is 88.4 Å². The predicted molar refractivity (Wildman–Crippen MR) is 163 cm³/mol. The van der Waals surface area contributed by atoms with E-state index in [1.165, 1.54) is 57.8 Å². The molecule has 3 atom stereocenters. The van der Waals surface area contributed by atoms with E-state index in [4.69, 9.17) is 14.2 Å². The maximum absolute atomic E-state index is 11.0. The van der Waals surface area contributed by atoms with Gasteiger partial charge in [0.1, 0.15) is 43.5 Å². The van der Waals surface area contributed by atoms with E-state index in [9.17, 15) is 15.3 Å². The lowest BCUT2D eigenvalue weighted by molar-refractivity contribution is -0.917. The summed E-state index contributed by atoms with van der Waals surface area (Å²) in [5.74, 6) is 0. The fraction of sp³-hybridized carbons (Fsp3) is 1.00. The van der Waals surface area contributed by atoms with E-state index in [1.807, 2.05) is 0 Å². The molecule has 0 aliphatic carbocycles. The van der Waals surface area contributed by atoms with Crippen LogP contribution in [0, 0.1) is 0 Å². The molecule has 3 saturated heterocycles. The molecule has 3 rings (SSSR count). The Balaban J connectivity index is 1.53. The van der Waals surface area contributed by atoms with Crippen molar-refractivity contribution in [3.8, 4) is 0 Å². The van der Waals surface area contributed by atoms with Gasteiger partial charge < -0.3 is 43.0 Å². The van der Waals surface area contributed by atoms with Gasteiger partial charge in [-0.15, -0.1) is 0 Å². The third kappa shape index (κ3) is 12.3. The second kappa shape index (κ2) is 16.6. The molecule has 0 bridgehead atoms. The van der Waals surface area contributed by atoms with Crippen LogP contribution in [0.1, 0.15) is 71.1 Å². The van der Waals surface area contributed by atoms with Crippen LogP contribution in [0.2, 0.25) is 0 Å². The van der Waals surface area contributed by atoms with Gasteiger partial charge in [-0.25, -0.2) is 0 Å². The van der Waals surface area contributed by atoms with E-state index in [-0.39, 0.29) is 33.0 Å². The highest BCUT2D eigenvalue weighted by atomic mass is 16.6. The summed E-state index contributed by atoms with van der Waals surface area (Å²) in [5.41, 5.74) is -0.742. The van der Waals surface area contributed by atoms with Crippen LogP contribution in [0.5, 0.6) is 0 Å². The molecule has 0 radical (unpaired) electrons. The molecule has 0 saturated carbocycles. The monoisotopic (exact) mass is 588 g/mol. The summed E-state index contributed by atoms with van der Waals surface area (Å²) in [6.07, 6.45) is 10.2. The van der Waals surface area contributed by atoms with E-state index >= 15 is 0 Å². The first-order valence-electron chi connectivity index (χ1n) is 16.8. The lowest BCUT2D eigenvalue weighted by Crippen LogP contribution is -2.54. The summed E-state index contributed by atoms with van der Waals surface area (Å²) in [5, 5.41) is 32.6. The van der Waals surface area contributed by atoms with E-state index in [0.29, 0.717) is 26.1 Å². The highest BCUT2D eigenvalue weighted by molar-refractivity contribution is 4.81. The SMILES string of the molecule is CCC(COCC(O)C[N+]1(C)CCCCC1)(COCC(O)C[N+]1(C)CCCCC1)OCC(O)C[N+]1(C)CCCCC1. The Morgan fingerprint density at radius 3 is 1.17 bits per heavy atom. The van der Waals surface area contributed by atoms with Crippen molar-refractivity contribution in [3.05, 3.63) is 0 Å². The number of ether oxygens (including phenoxy) is 3. The van der Waals surface area contributed by atoms with Crippen molar-refractivity contribution >= 4 is 0 Å². The van der Waals surface area contributed by atoms with Gasteiger partial charge in [-0.3, -0.25) is 0 Å². The van der Waals surface area contributed by atoms with Gasteiger partial charge in [0, 0.05) is 0 Å². The molecule has 242 valence electrons. The van der Waals surface area contributed by atoms with Crippen molar-refractivity contribution in [1.29, 1.82) is 0 Å². The minimum absolute atomic E-state index is 0.226. The zero-order valence-corrected chi connectivity index (χ0v) is 27.1. The molecule has 3 heterocycles. The number of rotatable bonds is 18. The number of nitrogens with zero attached hydrogens (tertiary/aromatic N) is 3. The third-order valence-corrected chi connectivity index (χ3v) is 10.2. The number of aliphatic hydroxyl groups excluding tert-OH is 3. The molecule has 0 aromatic rings. The molecule has 9 nitrogen and oxygen atoms in total. The van der Waals surface area contributed by atoms with Gasteiger partial charge in [0.15, 0.2) is 0 Å². The minimum Gasteiger partial charge on any atom is -0.385 e. The Hall–Kier alpha value is -0.360. The smallest absolute Gasteiger partial charge is 0.126 e. The lowest BCUT2D eigenvalue weighted by atomic mass is 10.0. The molecule has 0 aromatic carbocycles. The highest BCUT2D eigenvalue weighted by Crippen LogP contribution is 2.23. The summed E-state index contributed by atoms with van der Waals surface area (Å²) in [6, 6.07) is 0. The van der Waals surface area contributed by atoms with Crippen molar-refractivity contribution in [2.24, 2.45) is 0 Å². The Bertz CT molecular complexity index is 684. The Morgan fingerprint density at radius 1 is 0.537 bits per heavy atom. The average Bonchev–Trinajstić information content (AvgIpc) is 2.92. The van der Waals surface area contributed by atoms with Crippen LogP contribution in [0.15, 0.2) is 0 Å².